The van der Waals surface area contributed by atoms with E-state index in [1.54, 1.807) is 11.8 Å². The summed E-state index contributed by atoms with van der Waals surface area (Å²) >= 11 is 1.71. The molecule has 0 bridgehead atoms. The molecule has 124 valence electrons. The summed E-state index contributed by atoms with van der Waals surface area (Å²) in [6.07, 6.45) is 7.06. The van der Waals surface area contributed by atoms with Crippen molar-refractivity contribution in [2.75, 3.05) is 6.54 Å². The molecule has 1 amide bonds. The fourth-order valence-corrected chi connectivity index (χ4v) is 3.88. The third-order valence-corrected chi connectivity index (χ3v) is 5.37. The highest BCUT2D eigenvalue weighted by molar-refractivity contribution is 7.98. The summed E-state index contributed by atoms with van der Waals surface area (Å²) in [4.78, 5) is 13.6. The van der Waals surface area contributed by atoms with Crippen LogP contribution in [-0.4, -0.2) is 12.5 Å². The number of allylic oxidation sites excluding steroid dienone is 1. The first kappa shape index (κ1) is 16.8. The van der Waals surface area contributed by atoms with Crippen LogP contribution in [0.4, 0.5) is 0 Å². The molecule has 0 aromatic heterocycles. The number of hydrogen-bond donors (Lipinski definition) is 1. The van der Waals surface area contributed by atoms with E-state index in [2.05, 4.69) is 23.5 Å². The Balaban J connectivity index is 1.62. The largest absolute Gasteiger partial charge is 0.348 e. The zero-order valence-corrected chi connectivity index (χ0v) is 14.6. The molecule has 0 unspecified atom stereocenters. The smallest absolute Gasteiger partial charge is 0.252 e. The molecule has 0 saturated carbocycles. The summed E-state index contributed by atoms with van der Waals surface area (Å²) in [5.74, 6) is 0.897. The van der Waals surface area contributed by atoms with Crippen LogP contribution in [0.2, 0.25) is 0 Å². The maximum atomic E-state index is 12.6. The molecule has 0 spiro atoms. The lowest BCUT2D eigenvalue weighted by molar-refractivity contribution is 0.0953. The number of rotatable bonds is 6. The summed E-state index contributed by atoms with van der Waals surface area (Å²) < 4.78 is 0. The second-order valence-corrected chi connectivity index (χ2v) is 7.08. The quantitative estimate of drug-likeness (QED) is 0.579. The van der Waals surface area contributed by atoms with E-state index in [-0.39, 0.29) is 5.91 Å². The molecule has 0 atom stereocenters. The molecular formula is C21H23NOS. The Morgan fingerprint density at radius 3 is 2.58 bits per heavy atom. The topological polar surface area (TPSA) is 29.1 Å². The lowest BCUT2D eigenvalue weighted by atomic mass is 9.99. The summed E-state index contributed by atoms with van der Waals surface area (Å²) in [5, 5.41) is 3.09. The molecule has 2 aromatic carbocycles. The molecule has 1 aliphatic rings. The fourth-order valence-electron chi connectivity index (χ4n) is 2.87. The van der Waals surface area contributed by atoms with E-state index in [1.165, 1.54) is 24.0 Å². The maximum Gasteiger partial charge on any atom is 0.252 e. The number of thioether (sulfide) groups is 1. The molecule has 1 aliphatic carbocycles. The zero-order chi connectivity index (χ0) is 16.6. The number of benzene rings is 2. The molecule has 2 nitrogen and oxygen atoms in total. The Morgan fingerprint density at radius 2 is 1.79 bits per heavy atom. The van der Waals surface area contributed by atoms with E-state index in [4.69, 9.17) is 0 Å². The van der Waals surface area contributed by atoms with Gasteiger partial charge in [0.25, 0.3) is 5.91 Å². The molecule has 0 radical (unpaired) electrons. The molecule has 0 fully saturated rings. The van der Waals surface area contributed by atoms with Gasteiger partial charge in [0.1, 0.15) is 0 Å². The van der Waals surface area contributed by atoms with Gasteiger partial charge in [-0.05, 0) is 43.4 Å². The van der Waals surface area contributed by atoms with Gasteiger partial charge in [0.2, 0.25) is 0 Å². The molecule has 0 saturated heterocycles. The van der Waals surface area contributed by atoms with Gasteiger partial charge >= 0.3 is 0 Å². The van der Waals surface area contributed by atoms with Gasteiger partial charge < -0.3 is 5.32 Å². The normalized spacial score (nSPS) is 14.1. The van der Waals surface area contributed by atoms with Gasteiger partial charge in [-0.25, -0.2) is 0 Å². The number of hydrogen-bond acceptors (Lipinski definition) is 2. The molecule has 2 aromatic rings. The van der Waals surface area contributed by atoms with Crippen molar-refractivity contribution in [1.29, 1.82) is 0 Å². The predicted molar refractivity (Wildman–Crippen MR) is 101 cm³/mol. The van der Waals surface area contributed by atoms with Crippen molar-refractivity contribution in [2.24, 2.45) is 0 Å². The van der Waals surface area contributed by atoms with E-state index in [9.17, 15) is 4.79 Å². The van der Waals surface area contributed by atoms with Crippen LogP contribution in [0.15, 0.2) is 71.1 Å². The van der Waals surface area contributed by atoms with Crippen LogP contribution in [0.1, 0.15) is 41.6 Å². The minimum atomic E-state index is 0.0256. The molecule has 0 aliphatic heterocycles. The number of carbonyl (C=O) groups excluding carboxylic acids is 1. The van der Waals surface area contributed by atoms with Crippen molar-refractivity contribution in [2.45, 2.75) is 36.3 Å². The van der Waals surface area contributed by atoms with Crippen molar-refractivity contribution in [3.63, 3.8) is 0 Å². The van der Waals surface area contributed by atoms with Gasteiger partial charge in [-0.1, -0.05) is 54.1 Å². The molecular weight excluding hydrogens is 314 g/mol. The third kappa shape index (κ3) is 4.75. The molecule has 3 rings (SSSR count). The second kappa shape index (κ2) is 8.74. The Kier molecular flexibility index (Phi) is 6.13. The SMILES string of the molecule is O=C(NCC1=CCCCC1)c1ccccc1SCc1ccccc1. The number of nitrogens with one attached hydrogen (secondary N) is 1. The first-order valence-electron chi connectivity index (χ1n) is 8.55. The van der Waals surface area contributed by atoms with Crippen LogP contribution in [0.5, 0.6) is 0 Å². The van der Waals surface area contributed by atoms with E-state index in [0.717, 1.165) is 29.1 Å². The van der Waals surface area contributed by atoms with Crippen molar-refractivity contribution in [1.82, 2.24) is 5.32 Å². The number of carbonyl (C=O) groups is 1. The molecule has 0 heterocycles. The van der Waals surface area contributed by atoms with E-state index in [0.29, 0.717) is 6.54 Å². The third-order valence-electron chi connectivity index (χ3n) is 4.23. The Labute approximate surface area is 148 Å². The fraction of sp³-hybridized carbons (Fsp3) is 0.286. The van der Waals surface area contributed by atoms with Crippen LogP contribution >= 0.6 is 11.8 Å². The Bertz CT molecular complexity index is 709. The Hall–Kier alpha value is -2.00. The molecule has 24 heavy (non-hydrogen) atoms. The first-order chi connectivity index (χ1) is 11.8. The second-order valence-electron chi connectivity index (χ2n) is 6.06. The standard InChI is InChI=1S/C21H23NOS/c23-21(22-15-17-9-3-1-4-10-17)19-13-7-8-14-20(19)24-16-18-11-5-2-6-12-18/h2,5-9,11-14H,1,3-4,10,15-16H2,(H,22,23). The van der Waals surface area contributed by atoms with E-state index >= 15 is 0 Å². The van der Waals surface area contributed by atoms with Crippen molar-refractivity contribution in [3.05, 3.63) is 77.4 Å². The average Bonchev–Trinajstić information content (AvgIpc) is 2.66. The maximum absolute atomic E-state index is 12.6. The highest BCUT2D eigenvalue weighted by Crippen LogP contribution is 2.26. The lowest BCUT2D eigenvalue weighted by Crippen LogP contribution is -2.26. The van der Waals surface area contributed by atoms with Crippen molar-refractivity contribution >= 4 is 17.7 Å². The molecule has 3 heteroatoms. The Morgan fingerprint density at radius 1 is 1.00 bits per heavy atom. The van der Waals surface area contributed by atoms with Gasteiger partial charge in [0, 0.05) is 17.2 Å². The van der Waals surface area contributed by atoms with E-state index in [1.807, 2.05) is 42.5 Å². The summed E-state index contributed by atoms with van der Waals surface area (Å²) in [6, 6.07) is 18.2. The minimum Gasteiger partial charge on any atom is -0.348 e. The summed E-state index contributed by atoms with van der Waals surface area (Å²) in [7, 11) is 0. The van der Waals surface area contributed by atoms with Crippen molar-refractivity contribution < 1.29 is 4.79 Å². The van der Waals surface area contributed by atoms with Gasteiger partial charge in [-0.3, -0.25) is 4.79 Å². The van der Waals surface area contributed by atoms with Crippen LogP contribution in [0, 0.1) is 0 Å². The summed E-state index contributed by atoms with van der Waals surface area (Å²) in [5.41, 5.74) is 3.41. The highest BCUT2D eigenvalue weighted by Gasteiger charge is 2.12. The highest BCUT2D eigenvalue weighted by atomic mass is 32.2. The zero-order valence-electron chi connectivity index (χ0n) is 13.8. The van der Waals surface area contributed by atoms with Gasteiger partial charge in [-0.2, -0.15) is 0 Å². The van der Waals surface area contributed by atoms with E-state index < -0.39 is 0 Å². The van der Waals surface area contributed by atoms with Gasteiger partial charge in [0.15, 0.2) is 0 Å². The lowest BCUT2D eigenvalue weighted by Gasteiger charge is -2.14. The summed E-state index contributed by atoms with van der Waals surface area (Å²) in [6.45, 7) is 0.677. The van der Waals surface area contributed by atoms with Gasteiger partial charge in [0.05, 0.1) is 5.56 Å². The predicted octanol–water partition coefficient (Wildman–Crippen LogP) is 5.21. The number of amides is 1. The van der Waals surface area contributed by atoms with Crippen LogP contribution in [0.3, 0.4) is 0 Å². The first-order valence-corrected chi connectivity index (χ1v) is 9.53. The van der Waals surface area contributed by atoms with Crippen LogP contribution < -0.4 is 5.32 Å². The van der Waals surface area contributed by atoms with Crippen LogP contribution in [-0.2, 0) is 5.75 Å². The van der Waals surface area contributed by atoms with Crippen molar-refractivity contribution in [3.8, 4) is 0 Å². The van der Waals surface area contributed by atoms with Gasteiger partial charge in [-0.15, -0.1) is 11.8 Å². The minimum absolute atomic E-state index is 0.0256. The average molecular weight is 337 g/mol. The molecule has 1 N–H and O–H groups in total. The van der Waals surface area contributed by atoms with Crippen LogP contribution in [0.25, 0.3) is 0 Å². The monoisotopic (exact) mass is 337 g/mol.